The van der Waals surface area contributed by atoms with Gasteiger partial charge in [0.05, 0.1) is 0 Å². The van der Waals surface area contributed by atoms with Gasteiger partial charge in [-0.3, -0.25) is 5.41 Å². The Morgan fingerprint density at radius 2 is 2.22 bits per heavy atom. The fourth-order valence-electron chi connectivity index (χ4n) is 0.285. The van der Waals surface area contributed by atoms with Crippen molar-refractivity contribution in [3.05, 3.63) is 4.80 Å². The molecular formula is C3H5IN2S3. The lowest BCUT2D eigenvalue weighted by Gasteiger charge is -1.68. The number of hydrogen-bond acceptors (Lipinski definition) is 4. The molecule has 0 radical (unpaired) electrons. The molecule has 0 fully saturated rings. The number of hydrogen-bond donors (Lipinski definition) is 1. The van der Waals surface area contributed by atoms with Crippen molar-refractivity contribution in [2.75, 3.05) is 6.26 Å². The molecule has 0 spiro atoms. The Labute approximate surface area is 81.6 Å². The van der Waals surface area contributed by atoms with Gasteiger partial charge in [0.15, 0.2) is 0 Å². The molecule has 1 aromatic heterocycles. The first kappa shape index (κ1) is 9.86. The van der Waals surface area contributed by atoms with Crippen molar-refractivity contribution >= 4 is 32.4 Å². The van der Waals surface area contributed by atoms with Crippen molar-refractivity contribution in [2.45, 2.75) is 4.34 Å². The van der Waals surface area contributed by atoms with Crippen LogP contribution in [0.1, 0.15) is 0 Å². The molecule has 0 aliphatic carbocycles. The van der Waals surface area contributed by atoms with E-state index >= 15 is 0 Å². The maximum atomic E-state index is 5.36. The van der Waals surface area contributed by atoms with Gasteiger partial charge in [-0.25, -0.2) is 0 Å². The second kappa shape index (κ2) is 4.64. The summed E-state index contributed by atoms with van der Waals surface area (Å²) in [6.07, 6.45) is 1.99. The third-order valence-electron chi connectivity index (χ3n) is 0.574. The normalized spacial score (nSPS) is 8.56. The predicted molar refractivity (Wildman–Crippen MR) is 36.8 cm³/mol. The minimum absolute atomic E-state index is 0. The van der Waals surface area contributed by atoms with Crippen molar-refractivity contribution in [3.8, 4) is 0 Å². The Kier molecular flexibility index (Phi) is 5.08. The highest BCUT2D eigenvalue weighted by Gasteiger charge is 2.01. The minimum atomic E-state index is 0. The summed E-state index contributed by atoms with van der Waals surface area (Å²) < 4.78 is 1.05. The zero-order valence-corrected chi connectivity index (χ0v) is 9.23. The van der Waals surface area contributed by atoms with Crippen LogP contribution < -0.4 is 34.2 Å². The second-order valence-corrected chi connectivity index (χ2v) is 4.28. The lowest BCUT2D eigenvalue weighted by molar-refractivity contribution is -0.172. The van der Waals surface area contributed by atoms with Gasteiger partial charge in [0.25, 0.3) is 4.34 Å². The molecule has 0 atom stereocenters. The molecule has 2 nitrogen and oxygen atoms in total. The maximum absolute atomic E-state index is 5.36. The summed E-state index contributed by atoms with van der Waals surface area (Å²) in [7, 11) is 3.13. The van der Waals surface area contributed by atoms with E-state index in [1.165, 1.54) is 10.3 Å². The van der Waals surface area contributed by atoms with E-state index in [1.54, 1.807) is 22.1 Å². The Balaban J connectivity index is 0.000000640. The van der Waals surface area contributed by atoms with Crippen LogP contribution in [-0.2, 0) is 0 Å². The minimum Gasteiger partial charge on any atom is -1.00 e. The van der Waals surface area contributed by atoms with Crippen molar-refractivity contribution in [1.82, 2.24) is 4.98 Å². The lowest BCUT2D eigenvalue weighted by Crippen LogP contribution is -3.00. The molecule has 0 unspecified atom stereocenters. The molecule has 0 aliphatic heterocycles. The van der Waals surface area contributed by atoms with E-state index in [-0.39, 0.29) is 24.0 Å². The van der Waals surface area contributed by atoms with Gasteiger partial charge in [0, 0.05) is 10.3 Å². The van der Waals surface area contributed by atoms with E-state index in [4.69, 9.17) is 5.41 Å². The molecule has 0 aromatic carbocycles. The molecule has 6 heteroatoms. The summed E-state index contributed by atoms with van der Waals surface area (Å²) in [5, 5.41) is 5.36. The molecule has 0 bridgehead atoms. The zero-order valence-electron chi connectivity index (χ0n) is 4.63. The highest BCUT2D eigenvalue weighted by molar-refractivity contribution is 8.01. The van der Waals surface area contributed by atoms with Crippen molar-refractivity contribution < 1.29 is 29.4 Å². The van der Waals surface area contributed by atoms with Crippen LogP contribution in [-0.4, -0.2) is 11.2 Å². The molecule has 0 amide bonds. The predicted octanol–water partition coefficient (Wildman–Crippen LogP) is -3.41. The van der Waals surface area contributed by atoms with E-state index in [9.17, 15) is 0 Å². The quantitative estimate of drug-likeness (QED) is 0.333. The number of aromatic nitrogens is 1. The van der Waals surface area contributed by atoms with Crippen LogP contribution >= 0.6 is 32.4 Å². The molecule has 9 heavy (non-hydrogen) atoms. The molecule has 0 saturated heterocycles. The van der Waals surface area contributed by atoms with Gasteiger partial charge >= 0.3 is 4.80 Å². The molecule has 1 aromatic rings. The van der Waals surface area contributed by atoms with Gasteiger partial charge in [-0.1, -0.05) is 11.8 Å². The fraction of sp³-hybridized carbons (Fsp3) is 0.333. The summed E-state index contributed by atoms with van der Waals surface area (Å²) in [5.41, 5.74) is 0. The molecule has 0 saturated carbocycles. The van der Waals surface area contributed by atoms with Gasteiger partial charge < -0.3 is 24.0 Å². The van der Waals surface area contributed by atoms with Gasteiger partial charge in [-0.2, -0.15) is 0 Å². The van der Waals surface area contributed by atoms with Crippen LogP contribution in [0.3, 0.4) is 0 Å². The Morgan fingerprint density at radius 1 is 1.56 bits per heavy atom. The standard InChI is InChI=1S/C3H4N2S3.HI/c1-6-3-5-2(4)7-8-3;/h4H,1H3;1H. The van der Waals surface area contributed by atoms with Crippen LogP contribution in [0.4, 0.5) is 0 Å². The summed E-state index contributed by atoms with van der Waals surface area (Å²) in [5.74, 6) is 0. The van der Waals surface area contributed by atoms with Crippen LogP contribution in [0.5, 0.6) is 0 Å². The first-order valence-corrected chi connectivity index (χ1v) is 5.30. The summed E-state index contributed by atoms with van der Waals surface area (Å²) in [6.45, 7) is 0. The third-order valence-corrected chi connectivity index (χ3v) is 3.90. The van der Waals surface area contributed by atoms with Crippen LogP contribution in [0, 0.1) is 0 Å². The lowest BCUT2D eigenvalue weighted by atomic mass is 11.3. The summed E-state index contributed by atoms with van der Waals surface area (Å²) in [4.78, 5) is 4.67. The van der Waals surface area contributed by atoms with E-state index in [0.29, 0.717) is 4.80 Å². The van der Waals surface area contributed by atoms with Gasteiger partial charge in [-0.15, -0.1) is 0 Å². The summed E-state index contributed by atoms with van der Waals surface area (Å²) >= 11 is 1.63. The maximum Gasteiger partial charge on any atom is 0.385 e. The Morgan fingerprint density at radius 3 is 2.44 bits per heavy atom. The number of nitrogens with zero attached hydrogens (tertiary/aromatic N) is 1. The first-order chi connectivity index (χ1) is 3.83. The van der Waals surface area contributed by atoms with Gasteiger partial charge in [-0.05, 0) is 21.6 Å². The molecule has 1 heterocycles. The smallest absolute Gasteiger partial charge is 0.385 e. The average molecular weight is 292 g/mol. The average Bonchev–Trinajstić information content (AvgIpc) is 2.14. The Hall–Kier alpha value is 0.860. The van der Waals surface area contributed by atoms with E-state index in [2.05, 4.69) is 4.98 Å². The number of nitrogens with two attached hydrogens (primary N) is 1. The van der Waals surface area contributed by atoms with E-state index in [0.717, 1.165) is 4.34 Å². The largest absolute Gasteiger partial charge is 1.00 e. The van der Waals surface area contributed by atoms with Crippen molar-refractivity contribution in [3.63, 3.8) is 0 Å². The molecule has 2 N–H and O–H groups in total. The highest BCUT2D eigenvalue weighted by atomic mass is 127. The highest BCUT2D eigenvalue weighted by Crippen LogP contribution is 2.16. The van der Waals surface area contributed by atoms with Crippen molar-refractivity contribution in [2.24, 2.45) is 0 Å². The van der Waals surface area contributed by atoms with E-state index in [1.807, 2.05) is 6.26 Å². The molecule has 1 rings (SSSR count). The van der Waals surface area contributed by atoms with Crippen LogP contribution in [0.25, 0.3) is 0 Å². The van der Waals surface area contributed by atoms with E-state index < -0.39 is 0 Å². The molecule has 52 valence electrons. The number of thioether (sulfide) groups is 1. The van der Waals surface area contributed by atoms with Crippen LogP contribution in [0.2, 0.25) is 0 Å². The second-order valence-electron chi connectivity index (χ2n) is 1.09. The molecule has 0 aliphatic rings. The van der Waals surface area contributed by atoms with Gasteiger partial charge in [0.2, 0.25) is 0 Å². The van der Waals surface area contributed by atoms with Crippen molar-refractivity contribution in [1.29, 1.82) is 0 Å². The zero-order chi connectivity index (χ0) is 5.98. The number of halogens is 1. The molecular weight excluding hydrogens is 287 g/mol. The van der Waals surface area contributed by atoms with Crippen LogP contribution in [0.15, 0.2) is 4.34 Å². The topological polar surface area (TPSA) is 38.5 Å². The van der Waals surface area contributed by atoms with Gasteiger partial charge in [0.1, 0.15) is 0 Å². The number of rotatable bonds is 1. The first-order valence-electron chi connectivity index (χ1n) is 1.92. The fourth-order valence-corrected chi connectivity index (χ4v) is 2.90. The monoisotopic (exact) mass is 292 g/mol. The Bertz CT molecular complexity index is 217. The SMILES string of the molecule is CSc1nc(=[NH2+])ss1.[I-]. The third kappa shape index (κ3) is 2.96. The summed E-state index contributed by atoms with van der Waals surface area (Å²) in [6, 6.07) is 0.